The molecule has 3 aliphatic rings. The summed E-state index contributed by atoms with van der Waals surface area (Å²) < 4.78 is 2.29. The molecule has 0 saturated carbocycles. The number of likely N-dealkylation sites (tertiary alicyclic amines) is 1. The van der Waals surface area contributed by atoms with Gasteiger partial charge >= 0.3 is 5.97 Å². The number of anilines is 2. The number of aliphatic carboxylic acids is 1. The van der Waals surface area contributed by atoms with Gasteiger partial charge in [0, 0.05) is 93.0 Å². The number of halogens is 2. The van der Waals surface area contributed by atoms with Crippen LogP contribution in [-0.4, -0.2) is 117 Å². The molecular weight excluding hydrogens is 834 g/mol. The maximum absolute atomic E-state index is 14.9. The Morgan fingerprint density at radius 1 is 0.852 bits per heavy atom. The summed E-state index contributed by atoms with van der Waals surface area (Å²) in [5, 5.41) is 11.3. The van der Waals surface area contributed by atoms with Crippen molar-refractivity contribution < 1.29 is 24.3 Å². The summed E-state index contributed by atoms with van der Waals surface area (Å²) in [5.41, 5.74) is 7.10. The number of piperazine rings is 2. The van der Waals surface area contributed by atoms with Crippen LogP contribution < -0.4 is 10.6 Å². The lowest BCUT2D eigenvalue weighted by Gasteiger charge is -2.54. The predicted octanol–water partition coefficient (Wildman–Crippen LogP) is 8.02. The van der Waals surface area contributed by atoms with Gasteiger partial charge in [0.1, 0.15) is 5.82 Å². The smallest absolute Gasteiger partial charge is 0.304 e. The van der Waals surface area contributed by atoms with Crippen molar-refractivity contribution in [2.75, 3.05) is 68.7 Å². The van der Waals surface area contributed by atoms with E-state index < -0.39 is 17.4 Å². The number of nitrogens with zero attached hydrogens (tertiary/aromatic N) is 6. The monoisotopic (exact) mass is 893 g/mol. The van der Waals surface area contributed by atoms with E-state index in [4.69, 9.17) is 28.9 Å². The third kappa shape index (κ3) is 11.9. The summed E-state index contributed by atoms with van der Waals surface area (Å²) in [6, 6.07) is 18.4. The molecule has 61 heavy (non-hydrogen) atoms. The van der Waals surface area contributed by atoms with Gasteiger partial charge in [-0.05, 0) is 72.2 Å². The average Bonchev–Trinajstić information content (AvgIpc) is 3.22. The van der Waals surface area contributed by atoms with Crippen molar-refractivity contribution in [1.82, 2.24) is 24.0 Å². The van der Waals surface area contributed by atoms with Gasteiger partial charge in [-0.3, -0.25) is 19.2 Å². The number of unbranched alkanes of at least 4 members (excludes halogenated alkanes) is 2. The Labute approximate surface area is 375 Å². The second-order valence-corrected chi connectivity index (χ2v) is 20.0. The van der Waals surface area contributed by atoms with E-state index in [-0.39, 0.29) is 41.5 Å². The molecule has 0 spiro atoms. The first-order valence-corrected chi connectivity index (χ1v) is 23.2. The number of rotatable bonds is 15. The molecule has 3 aromatic rings. The Kier molecular flexibility index (Phi) is 15.6. The van der Waals surface area contributed by atoms with Gasteiger partial charge in [0.15, 0.2) is 0 Å². The van der Waals surface area contributed by atoms with Crippen molar-refractivity contribution in [3.63, 3.8) is 0 Å². The fourth-order valence-corrected chi connectivity index (χ4v) is 10.8. The van der Waals surface area contributed by atoms with E-state index in [9.17, 15) is 24.3 Å². The molecule has 6 rings (SSSR count). The van der Waals surface area contributed by atoms with E-state index in [0.29, 0.717) is 80.1 Å². The van der Waals surface area contributed by atoms with Crippen molar-refractivity contribution in [2.45, 2.75) is 90.6 Å². The molecule has 3 amide bonds. The normalized spacial score (nSPS) is 22.0. The number of carboxylic acids is 1. The number of nitrogens with two attached hydrogens (primary N) is 1. The lowest BCUT2D eigenvalue weighted by molar-refractivity contribution is -0.162. The van der Waals surface area contributed by atoms with Crippen LogP contribution in [0.4, 0.5) is 11.5 Å². The number of aromatic nitrogens is 1. The number of carbonyl (C=O) groups excluding carboxylic acids is 3. The zero-order chi connectivity index (χ0) is 43.9. The minimum Gasteiger partial charge on any atom is -0.481 e. The number of hydrogen-bond donors (Lipinski definition) is 2. The number of benzene rings is 2. The lowest BCUT2D eigenvalue weighted by Crippen LogP contribution is -2.60. The van der Waals surface area contributed by atoms with Crippen LogP contribution in [-0.2, 0) is 19.2 Å². The number of carbonyl (C=O) groups is 4. The van der Waals surface area contributed by atoms with Gasteiger partial charge < -0.3 is 30.4 Å². The highest BCUT2D eigenvalue weighted by Gasteiger charge is 2.54. The van der Waals surface area contributed by atoms with E-state index in [1.54, 1.807) is 31.1 Å². The number of amides is 3. The lowest BCUT2D eigenvalue weighted by atomic mass is 9.66. The van der Waals surface area contributed by atoms with Crippen LogP contribution >= 0.6 is 35.1 Å². The third-order valence-corrected chi connectivity index (χ3v) is 14.2. The Morgan fingerprint density at radius 2 is 1.48 bits per heavy atom. The van der Waals surface area contributed by atoms with Crippen LogP contribution in [0.1, 0.15) is 95.7 Å². The van der Waals surface area contributed by atoms with Crippen molar-refractivity contribution in [1.29, 1.82) is 0 Å². The molecule has 0 radical (unpaired) electrons. The van der Waals surface area contributed by atoms with Crippen molar-refractivity contribution >= 4 is 70.3 Å². The molecule has 3 aliphatic heterocycles. The summed E-state index contributed by atoms with van der Waals surface area (Å²) in [6.45, 7) is 13.7. The SMILES string of the molecule is CC(C)(C)[C@@H](CSN1CCN(C(=O)CCCCCC(=O)N2CCN(c3ccc(N)nc3)CC2)CC1)N1C(=O)[C@@](C)(CC(=O)O)C[C@H](c2cccc(Cl)c2)[C@H]1c1ccc(Cl)cc1. The Morgan fingerprint density at radius 3 is 2.03 bits per heavy atom. The fraction of sp³-hybridized carbons (Fsp3) is 0.543. The second kappa shape index (κ2) is 20.4. The molecule has 0 unspecified atom stereocenters. The van der Waals surface area contributed by atoms with Crippen LogP contribution in [0.2, 0.25) is 10.0 Å². The minimum absolute atomic E-state index is 0.145. The molecule has 15 heteroatoms. The van der Waals surface area contributed by atoms with Crippen LogP contribution in [0.5, 0.6) is 0 Å². The summed E-state index contributed by atoms with van der Waals surface area (Å²) in [5.74, 6) is -0.00760. The van der Waals surface area contributed by atoms with E-state index >= 15 is 0 Å². The van der Waals surface area contributed by atoms with Gasteiger partial charge in [-0.1, -0.05) is 93.5 Å². The van der Waals surface area contributed by atoms with Crippen LogP contribution in [0.3, 0.4) is 0 Å². The number of hydrogen-bond acceptors (Lipinski definition) is 9. The molecule has 2 aromatic carbocycles. The molecule has 0 aliphatic carbocycles. The molecular formula is C46H61Cl2N7O5S. The first-order chi connectivity index (χ1) is 29.0. The first kappa shape index (κ1) is 46.5. The highest BCUT2D eigenvalue weighted by atomic mass is 35.5. The molecule has 4 atom stereocenters. The van der Waals surface area contributed by atoms with Gasteiger partial charge in [0.05, 0.1) is 29.8 Å². The zero-order valence-electron chi connectivity index (χ0n) is 35.9. The van der Waals surface area contributed by atoms with Crippen LogP contribution in [0.25, 0.3) is 0 Å². The number of nitrogen functional groups attached to an aromatic ring is 1. The van der Waals surface area contributed by atoms with E-state index in [0.717, 1.165) is 49.2 Å². The maximum Gasteiger partial charge on any atom is 0.304 e. The van der Waals surface area contributed by atoms with Crippen molar-refractivity contribution in [3.05, 3.63) is 88.0 Å². The quantitative estimate of drug-likeness (QED) is 0.114. The second-order valence-electron chi connectivity index (χ2n) is 18.1. The van der Waals surface area contributed by atoms with Gasteiger partial charge in [0.2, 0.25) is 17.7 Å². The van der Waals surface area contributed by atoms with Gasteiger partial charge in [0.25, 0.3) is 0 Å². The highest BCUT2D eigenvalue weighted by molar-refractivity contribution is 7.97. The minimum atomic E-state index is -1.15. The molecule has 3 N–H and O–H groups in total. The molecule has 0 bridgehead atoms. The van der Waals surface area contributed by atoms with E-state index in [2.05, 4.69) is 35.0 Å². The summed E-state index contributed by atoms with van der Waals surface area (Å²) in [6.07, 6.45) is 5.14. The standard InChI is InChI=1S/C46H61Cl2N7O5S/c1-45(2,3)38(55-43(32-13-15-34(47)16-14-32)37(33-9-8-10-35(48)27-33)28-46(4,44(55)60)29-42(58)59)31-61-54-25-23-53(24-26-54)41(57)12-7-5-6-11-40(56)52-21-19-51(20-22-52)36-17-18-39(49)50-30-36/h8-10,13-18,27,30,37-38,43H,5-7,11-12,19-26,28-29,31H2,1-4H3,(H2,49,50)(H,58,59)/t37-,38-,43-,46-/m1/s1. The van der Waals surface area contributed by atoms with Gasteiger partial charge in [-0.15, -0.1) is 0 Å². The fourth-order valence-electron chi connectivity index (χ4n) is 9.06. The number of carboxylic acid groups (broad SMARTS) is 1. The largest absolute Gasteiger partial charge is 0.481 e. The molecule has 1 aromatic heterocycles. The van der Waals surface area contributed by atoms with Gasteiger partial charge in [-0.25, -0.2) is 9.29 Å². The summed E-state index contributed by atoms with van der Waals surface area (Å²) in [7, 11) is 0. The highest BCUT2D eigenvalue weighted by Crippen LogP contribution is 2.53. The topological polar surface area (TPSA) is 144 Å². The summed E-state index contributed by atoms with van der Waals surface area (Å²) in [4.78, 5) is 65.7. The molecule has 330 valence electrons. The van der Waals surface area contributed by atoms with Crippen molar-refractivity contribution in [3.8, 4) is 0 Å². The average molecular weight is 895 g/mol. The molecule has 3 saturated heterocycles. The molecule has 3 fully saturated rings. The van der Waals surface area contributed by atoms with E-state index in [1.165, 1.54) is 0 Å². The third-order valence-electron chi connectivity index (χ3n) is 12.5. The predicted molar refractivity (Wildman–Crippen MR) is 245 cm³/mol. The van der Waals surface area contributed by atoms with Crippen LogP contribution in [0.15, 0.2) is 66.9 Å². The zero-order valence-corrected chi connectivity index (χ0v) is 38.2. The molecule has 12 nitrogen and oxygen atoms in total. The van der Waals surface area contributed by atoms with Crippen LogP contribution in [0, 0.1) is 10.8 Å². The Hall–Kier alpha value is -4.04. The number of piperidine rings is 1. The first-order valence-electron chi connectivity index (χ1n) is 21.5. The Balaban J connectivity index is 1.03. The maximum atomic E-state index is 14.9. The van der Waals surface area contributed by atoms with E-state index in [1.807, 2.05) is 69.3 Å². The number of pyridine rings is 1. The Bertz CT molecular complexity index is 1980. The van der Waals surface area contributed by atoms with Gasteiger partial charge in [-0.2, -0.15) is 0 Å². The molecule has 4 heterocycles. The van der Waals surface area contributed by atoms with Crippen molar-refractivity contribution in [2.24, 2.45) is 10.8 Å². The summed E-state index contributed by atoms with van der Waals surface area (Å²) >= 11 is 14.6.